The Hall–Kier alpha value is -1.35. The van der Waals surface area contributed by atoms with Gasteiger partial charge < -0.3 is 10.4 Å². The van der Waals surface area contributed by atoms with Crippen molar-refractivity contribution in [3.05, 3.63) is 29.8 Å². The SMILES string of the molecule is CCc1ccccc1NC(=O)C1CCCC1O. The molecule has 2 N–H and O–H groups in total. The highest BCUT2D eigenvalue weighted by atomic mass is 16.3. The van der Waals surface area contributed by atoms with E-state index in [2.05, 4.69) is 12.2 Å². The van der Waals surface area contributed by atoms with Gasteiger partial charge in [0.15, 0.2) is 0 Å². The van der Waals surface area contributed by atoms with Crippen LogP contribution in [0, 0.1) is 5.92 Å². The van der Waals surface area contributed by atoms with Gasteiger partial charge in [0, 0.05) is 5.69 Å². The summed E-state index contributed by atoms with van der Waals surface area (Å²) in [6.45, 7) is 2.06. The molecule has 0 saturated heterocycles. The third-order valence-corrected chi connectivity index (χ3v) is 3.47. The molecule has 1 aliphatic rings. The molecule has 3 nitrogen and oxygen atoms in total. The Morgan fingerprint density at radius 2 is 2.18 bits per heavy atom. The van der Waals surface area contributed by atoms with E-state index in [0.29, 0.717) is 0 Å². The van der Waals surface area contributed by atoms with E-state index < -0.39 is 6.10 Å². The number of para-hydroxylation sites is 1. The second kappa shape index (κ2) is 5.32. The highest BCUT2D eigenvalue weighted by Gasteiger charge is 2.31. The van der Waals surface area contributed by atoms with Crippen molar-refractivity contribution < 1.29 is 9.90 Å². The number of aliphatic hydroxyl groups is 1. The van der Waals surface area contributed by atoms with Crippen LogP contribution in [-0.4, -0.2) is 17.1 Å². The lowest BCUT2D eigenvalue weighted by atomic mass is 10.0. The van der Waals surface area contributed by atoms with Crippen molar-refractivity contribution in [3.8, 4) is 0 Å². The van der Waals surface area contributed by atoms with Gasteiger partial charge in [-0.05, 0) is 37.3 Å². The van der Waals surface area contributed by atoms with Crippen molar-refractivity contribution in [1.82, 2.24) is 0 Å². The first kappa shape index (κ1) is 12.1. The van der Waals surface area contributed by atoms with Gasteiger partial charge in [-0.1, -0.05) is 25.1 Å². The first-order valence-corrected chi connectivity index (χ1v) is 6.29. The fourth-order valence-electron chi connectivity index (χ4n) is 2.42. The molecular formula is C14H19NO2. The summed E-state index contributed by atoms with van der Waals surface area (Å²) in [5.74, 6) is -0.282. The number of hydrogen-bond acceptors (Lipinski definition) is 2. The molecule has 1 aliphatic carbocycles. The number of anilines is 1. The average Bonchev–Trinajstić information content (AvgIpc) is 2.76. The lowest BCUT2D eigenvalue weighted by molar-refractivity contribution is -0.122. The predicted octanol–water partition coefficient (Wildman–Crippen LogP) is 2.35. The molecule has 0 spiro atoms. The summed E-state index contributed by atoms with van der Waals surface area (Å²) in [5.41, 5.74) is 2.01. The van der Waals surface area contributed by atoms with Crippen LogP contribution in [0.15, 0.2) is 24.3 Å². The second-order valence-corrected chi connectivity index (χ2v) is 4.60. The third kappa shape index (κ3) is 2.67. The Kier molecular flexibility index (Phi) is 3.79. The number of aliphatic hydroxyl groups excluding tert-OH is 1. The molecule has 2 rings (SSSR count). The van der Waals surface area contributed by atoms with E-state index in [-0.39, 0.29) is 11.8 Å². The van der Waals surface area contributed by atoms with Gasteiger partial charge in [-0.3, -0.25) is 4.79 Å². The molecule has 92 valence electrons. The van der Waals surface area contributed by atoms with E-state index in [0.717, 1.165) is 36.9 Å². The van der Waals surface area contributed by atoms with Crippen molar-refractivity contribution >= 4 is 11.6 Å². The molecule has 1 amide bonds. The normalized spacial score (nSPS) is 23.6. The van der Waals surface area contributed by atoms with Gasteiger partial charge in [-0.15, -0.1) is 0 Å². The van der Waals surface area contributed by atoms with Crippen molar-refractivity contribution in [3.63, 3.8) is 0 Å². The fourth-order valence-corrected chi connectivity index (χ4v) is 2.42. The second-order valence-electron chi connectivity index (χ2n) is 4.60. The molecular weight excluding hydrogens is 214 g/mol. The first-order chi connectivity index (χ1) is 8.22. The number of carbonyl (C=O) groups is 1. The quantitative estimate of drug-likeness (QED) is 0.842. The smallest absolute Gasteiger partial charge is 0.230 e. The summed E-state index contributed by atoms with van der Waals surface area (Å²) in [4.78, 5) is 12.0. The summed E-state index contributed by atoms with van der Waals surface area (Å²) in [5, 5.41) is 12.6. The molecule has 0 radical (unpaired) electrons. The van der Waals surface area contributed by atoms with Crippen molar-refractivity contribution in [1.29, 1.82) is 0 Å². The van der Waals surface area contributed by atoms with Crippen LogP contribution in [0.3, 0.4) is 0 Å². The Morgan fingerprint density at radius 1 is 1.41 bits per heavy atom. The summed E-state index contributed by atoms with van der Waals surface area (Å²) in [7, 11) is 0. The Bertz CT molecular complexity index is 403. The van der Waals surface area contributed by atoms with Crippen LogP contribution >= 0.6 is 0 Å². The zero-order chi connectivity index (χ0) is 12.3. The fraction of sp³-hybridized carbons (Fsp3) is 0.500. The molecule has 0 heterocycles. The zero-order valence-corrected chi connectivity index (χ0v) is 10.1. The van der Waals surface area contributed by atoms with Crippen LogP contribution in [0.25, 0.3) is 0 Å². The van der Waals surface area contributed by atoms with Gasteiger partial charge in [0.25, 0.3) is 0 Å². The minimum atomic E-state index is -0.469. The summed E-state index contributed by atoms with van der Waals surface area (Å²) < 4.78 is 0. The van der Waals surface area contributed by atoms with Crippen LogP contribution in [0.5, 0.6) is 0 Å². The summed E-state index contributed by atoms with van der Waals surface area (Å²) in [6.07, 6.45) is 2.90. The van der Waals surface area contributed by atoms with Gasteiger partial charge in [-0.2, -0.15) is 0 Å². The minimum Gasteiger partial charge on any atom is -0.392 e. The number of benzene rings is 1. The molecule has 2 unspecified atom stereocenters. The van der Waals surface area contributed by atoms with Crippen LogP contribution in [-0.2, 0) is 11.2 Å². The van der Waals surface area contributed by atoms with Crippen LogP contribution in [0.4, 0.5) is 5.69 Å². The predicted molar refractivity (Wildman–Crippen MR) is 67.8 cm³/mol. The molecule has 17 heavy (non-hydrogen) atoms. The maximum atomic E-state index is 12.0. The molecule has 0 aromatic heterocycles. The van der Waals surface area contributed by atoms with Crippen LogP contribution in [0.2, 0.25) is 0 Å². The molecule has 2 atom stereocenters. The molecule has 1 aromatic rings. The van der Waals surface area contributed by atoms with E-state index in [1.165, 1.54) is 0 Å². The van der Waals surface area contributed by atoms with Gasteiger partial charge in [0.05, 0.1) is 12.0 Å². The topological polar surface area (TPSA) is 49.3 Å². The lowest BCUT2D eigenvalue weighted by Crippen LogP contribution is -2.29. The molecule has 0 bridgehead atoms. The third-order valence-electron chi connectivity index (χ3n) is 3.47. The monoisotopic (exact) mass is 233 g/mol. The number of aryl methyl sites for hydroxylation is 1. The van der Waals surface area contributed by atoms with E-state index >= 15 is 0 Å². The van der Waals surface area contributed by atoms with Crippen LogP contribution < -0.4 is 5.32 Å². The van der Waals surface area contributed by atoms with Gasteiger partial charge in [0.1, 0.15) is 0 Å². The Balaban J connectivity index is 2.07. The van der Waals surface area contributed by atoms with E-state index in [9.17, 15) is 9.90 Å². The number of rotatable bonds is 3. The molecule has 0 aliphatic heterocycles. The minimum absolute atomic E-state index is 0.0455. The summed E-state index contributed by atoms with van der Waals surface area (Å²) in [6, 6.07) is 7.82. The number of carbonyl (C=O) groups excluding carboxylic acids is 1. The van der Waals surface area contributed by atoms with Crippen LogP contribution in [0.1, 0.15) is 31.7 Å². The zero-order valence-electron chi connectivity index (χ0n) is 10.1. The maximum absolute atomic E-state index is 12.0. The number of amides is 1. The summed E-state index contributed by atoms with van der Waals surface area (Å²) >= 11 is 0. The largest absolute Gasteiger partial charge is 0.392 e. The first-order valence-electron chi connectivity index (χ1n) is 6.29. The van der Waals surface area contributed by atoms with Crippen molar-refractivity contribution in [2.75, 3.05) is 5.32 Å². The molecule has 1 saturated carbocycles. The maximum Gasteiger partial charge on any atom is 0.230 e. The standard InChI is InChI=1S/C14H19NO2/c1-2-10-6-3-4-8-12(10)15-14(17)11-7-5-9-13(11)16/h3-4,6,8,11,13,16H,2,5,7,9H2,1H3,(H,15,17). The lowest BCUT2D eigenvalue weighted by Gasteiger charge is -2.16. The average molecular weight is 233 g/mol. The van der Waals surface area contributed by atoms with Crippen molar-refractivity contribution in [2.24, 2.45) is 5.92 Å². The molecule has 1 aromatic carbocycles. The highest BCUT2D eigenvalue weighted by Crippen LogP contribution is 2.27. The van der Waals surface area contributed by atoms with Crippen molar-refractivity contribution in [2.45, 2.75) is 38.7 Å². The van der Waals surface area contributed by atoms with Gasteiger partial charge in [-0.25, -0.2) is 0 Å². The molecule has 3 heteroatoms. The van der Waals surface area contributed by atoms with Gasteiger partial charge >= 0.3 is 0 Å². The number of hydrogen-bond donors (Lipinski definition) is 2. The van der Waals surface area contributed by atoms with E-state index in [1.807, 2.05) is 24.3 Å². The van der Waals surface area contributed by atoms with E-state index in [4.69, 9.17) is 0 Å². The Labute approximate surface area is 102 Å². The van der Waals surface area contributed by atoms with E-state index in [1.54, 1.807) is 0 Å². The van der Waals surface area contributed by atoms with Gasteiger partial charge in [0.2, 0.25) is 5.91 Å². The molecule has 1 fully saturated rings. The Morgan fingerprint density at radius 3 is 2.82 bits per heavy atom. The number of nitrogens with one attached hydrogen (secondary N) is 1. The highest BCUT2D eigenvalue weighted by molar-refractivity contribution is 5.93.